The van der Waals surface area contributed by atoms with Crippen molar-refractivity contribution in [2.45, 2.75) is 37.6 Å². The average molecular weight is 449 g/mol. The number of amides is 1. The molecule has 0 radical (unpaired) electrons. The summed E-state index contributed by atoms with van der Waals surface area (Å²) in [6.45, 7) is 1.13. The molecule has 166 valence electrons. The summed E-state index contributed by atoms with van der Waals surface area (Å²) in [5, 5.41) is 0. The number of likely N-dealkylation sites (tertiary alicyclic amines) is 1. The first kappa shape index (κ1) is 21.9. The van der Waals surface area contributed by atoms with Crippen molar-refractivity contribution in [1.82, 2.24) is 9.62 Å². The molecule has 4 rings (SSSR count). The van der Waals surface area contributed by atoms with Gasteiger partial charge in [-0.3, -0.25) is 4.79 Å². The second-order valence-electron chi connectivity index (χ2n) is 8.54. The molecule has 2 fully saturated rings. The summed E-state index contributed by atoms with van der Waals surface area (Å²) in [4.78, 5) is 14.9. The average Bonchev–Trinajstić information content (AvgIpc) is 3.50. The first-order valence-electron chi connectivity index (χ1n) is 10.5. The van der Waals surface area contributed by atoms with Crippen LogP contribution >= 0.6 is 0 Å². The highest BCUT2D eigenvalue weighted by atomic mass is 32.2. The van der Waals surface area contributed by atoms with Crippen LogP contribution in [0.3, 0.4) is 0 Å². The molecular weight excluding hydrogens is 422 g/mol. The Balaban J connectivity index is 1.46. The van der Waals surface area contributed by atoms with E-state index in [2.05, 4.69) is 4.72 Å². The van der Waals surface area contributed by atoms with Gasteiger partial charge in [0.15, 0.2) is 0 Å². The minimum Gasteiger partial charge on any atom is -0.342 e. The predicted octanol–water partition coefficient (Wildman–Crippen LogP) is 3.67. The zero-order valence-corrected chi connectivity index (χ0v) is 18.2. The predicted molar refractivity (Wildman–Crippen MR) is 115 cm³/mol. The summed E-state index contributed by atoms with van der Waals surface area (Å²) in [6, 6.07) is 10.8. The van der Waals surface area contributed by atoms with Crippen LogP contribution in [0.25, 0.3) is 11.1 Å². The van der Waals surface area contributed by atoms with Crippen LogP contribution in [0.2, 0.25) is 0 Å². The van der Waals surface area contributed by atoms with Gasteiger partial charge in [-0.1, -0.05) is 24.3 Å². The van der Waals surface area contributed by atoms with Gasteiger partial charge in [0, 0.05) is 31.1 Å². The molecule has 8 heteroatoms. The van der Waals surface area contributed by atoms with Gasteiger partial charge in [0.1, 0.15) is 11.6 Å². The molecule has 1 heterocycles. The fourth-order valence-electron chi connectivity index (χ4n) is 4.58. The summed E-state index contributed by atoms with van der Waals surface area (Å²) in [5.41, 5.74) is 2.14. The topological polar surface area (TPSA) is 66.5 Å². The van der Waals surface area contributed by atoms with Crippen LogP contribution in [0.5, 0.6) is 0 Å². The zero-order valence-electron chi connectivity index (χ0n) is 17.4. The summed E-state index contributed by atoms with van der Waals surface area (Å²) in [7, 11) is -3.27. The van der Waals surface area contributed by atoms with E-state index >= 15 is 0 Å². The van der Waals surface area contributed by atoms with Gasteiger partial charge in [-0.05, 0) is 60.4 Å². The Morgan fingerprint density at radius 2 is 1.77 bits per heavy atom. The van der Waals surface area contributed by atoms with Gasteiger partial charge in [-0.2, -0.15) is 0 Å². The van der Waals surface area contributed by atoms with Crippen molar-refractivity contribution in [2.75, 3.05) is 19.3 Å². The van der Waals surface area contributed by atoms with E-state index in [1.165, 1.54) is 12.1 Å². The number of halogens is 2. The van der Waals surface area contributed by atoms with Crippen LogP contribution in [0, 0.1) is 17.6 Å². The maximum Gasteiger partial charge on any atom is 0.226 e. The molecule has 1 saturated carbocycles. The lowest BCUT2D eigenvalue weighted by molar-refractivity contribution is -0.132. The largest absolute Gasteiger partial charge is 0.342 e. The van der Waals surface area contributed by atoms with Crippen molar-refractivity contribution in [1.29, 1.82) is 0 Å². The Bertz CT molecular complexity index is 1070. The maximum atomic E-state index is 13.7. The Labute approximate surface area is 181 Å². The smallest absolute Gasteiger partial charge is 0.226 e. The standard InChI is InChI=1S/C23H26F2N2O3S/c1-31(29,30)26-18-5-4-9-27(10-8-18)23(28)22-14-21(22)20-7-3-2-6-19(20)15-11-16(24)13-17(25)12-15/h2-3,6-7,11-13,18,21-22,26H,4-5,8-10,14H2,1H3/t18-,21-,22+/m0/s1. The molecule has 0 spiro atoms. The van der Waals surface area contributed by atoms with Crippen molar-refractivity contribution >= 4 is 15.9 Å². The summed E-state index contributed by atoms with van der Waals surface area (Å²) >= 11 is 0. The van der Waals surface area contributed by atoms with E-state index in [-0.39, 0.29) is 23.8 Å². The molecule has 2 aromatic carbocycles. The van der Waals surface area contributed by atoms with Gasteiger partial charge in [-0.25, -0.2) is 21.9 Å². The van der Waals surface area contributed by atoms with E-state index in [1.807, 2.05) is 29.2 Å². The van der Waals surface area contributed by atoms with Crippen molar-refractivity contribution < 1.29 is 22.0 Å². The lowest BCUT2D eigenvalue weighted by Crippen LogP contribution is -2.36. The van der Waals surface area contributed by atoms with Crippen molar-refractivity contribution in [3.8, 4) is 11.1 Å². The quantitative estimate of drug-likeness (QED) is 0.759. The highest BCUT2D eigenvalue weighted by Gasteiger charge is 2.46. The van der Waals surface area contributed by atoms with Crippen molar-refractivity contribution in [3.63, 3.8) is 0 Å². The van der Waals surface area contributed by atoms with Crippen molar-refractivity contribution in [2.24, 2.45) is 5.92 Å². The molecule has 31 heavy (non-hydrogen) atoms. The Morgan fingerprint density at radius 3 is 2.48 bits per heavy atom. The molecule has 0 bridgehead atoms. The van der Waals surface area contributed by atoms with E-state index in [0.29, 0.717) is 37.9 Å². The SMILES string of the molecule is CS(=O)(=O)N[C@H]1CCCN(C(=O)[C@@H]2C[C@H]2c2ccccc2-c2cc(F)cc(F)c2)CC1. The van der Waals surface area contributed by atoms with Gasteiger partial charge in [-0.15, -0.1) is 0 Å². The van der Waals surface area contributed by atoms with E-state index in [4.69, 9.17) is 0 Å². The molecule has 2 aliphatic rings. The number of nitrogens with one attached hydrogen (secondary N) is 1. The van der Waals surface area contributed by atoms with Crippen LogP contribution in [0.15, 0.2) is 42.5 Å². The van der Waals surface area contributed by atoms with E-state index in [1.54, 1.807) is 0 Å². The molecule has 1 N–H and O–H groups in total. The first-order valence-corrected chi connectivity index (χ1v) is 12.4. The molecular formula is C23H26F2N2O3S. The fraction of sp³-hybridized carbons (Fsp3) is 0.435. The second kappa shape index (κ2) is 8.67. The van der Waals surface area contributed by atoms with E-state index in [0.717, 1.165) is 29.9 Å². The van der Waals surface area contributed by atoms with E-state index < -0.39 is 21.7 Å². The van der Waals surface area contributed by atoms with Crippen LogP contribution in [0.1, 0.15) is 37.2 Å². The minimum atomic E-state index is -3.27. The molecule has 1 amide bonds. The number of sulfonamides is 1. The highest BCUT2D eigenvalue weighted by Crippen LogP contribution is 2.51. The summed E-state index contributed by atoms with van der Waals surface area (Å²) < 4.78 is 53.1. The molecule has 1 aliphatic carbocycles. The number of carbonyl (C=O) groups excluding carboxylic acids is 1. The summed E-state index contributed by atoms with van der Waals surface area (Å²) in [6.07, 6.45) is 3.90. The van der Waals surface area contributed by atoms with Crippen molar-refractivity contribution in [3.05, 3.63) is 59.7 Å². The molecule has 0 unspecified atom stereocenters. The monoisotopic (exact) mass is 448 g/mol. The second-order valence-corrected chi connectivity index (χ2v) is 10.3. The molecule has 2 aromatic rings. The summed E-state index contributed by atoms with van der Waals surface area (Å²) in [5.74, 6) is -1.32. The number of carbonyl (C=O) groups is 1. The van der Waals surface area contributed by atoms with Gasteiger partial charge >= 0.3 is 0 Å². The number of hydrogen-bond donors (Lipinski definition) is 1. The lowest BCUT2D eigenvalue weighted by atomic mass is 9.95. The van der Waals surface area contributed by atoms with Gasteiger partial charge < -0.3 is 4.90 Å². The number of benzene rings is 2. The number of rotatable bonds is 5. The van der Waals surface area contributed by atoms with Crippen LogP contribution < -0.4 is 4.72 Å². The minimum absolute atomic E-state index is 0.0169. The van der Waals surface area contributed by atoms with Crippen LogP contribution in [0.4, 0.5) is 8.78 Å². The zero-order chi connectivity index (χ0) is 22.2. The highest BCUT2D eigenvalue weighted by molar-refractivity contribution is 7.88. The van der Waals surface area contributed by atoms with Gasteiger partial charge in [0.25, 0.3) is 0 Å². The van der Waals surface area contributed by atoms with E-state index in [9.17, 15) is 22.0 Å². The number of nitrogens with zero attached hydrogens (tertiary/aromatic N) is 1. The molecule has 1 aliphatic heterocycles. The maximum absolute atomic E-state index is 13.7. The third-order valence-corrected chi connectivity index (χ3v) is 6.82. The van der Waals surface area contributed by atoms with Gasteiger partial charge in [0.2, 0.25) is 15.9 Å². The first-order chi connectivity index (χ1) is 14.7. The lowest BCUT2D eigenvalue weighted by Gasteiger charge is -2.21. The molecule has 0 aromatic heterocycles. The Morgan fingerprint density at radius 1 is 1.06 bits per heavy atom. The Hall–Kier alpha value is -2.32. The molecule has 5 nitrogen and oxygen atoms in total. The third kappa shape index (κ3) is 5.30. The van der Waals surface area contributed by atoms with Crippen LogP contribution in [-0.2, 0) is 14.8 Å². The normalized spacial score (nSPS) is 24.0. The Kier molecular flexibility index (Phi) is 6.12. The molecule has 3 atom stereocenters. The third-order valence-electron chi connectivity index (χ3n) is 6.06. The molecule has 1 saturated heterocycles. The fourth-order valence-corrected chi connectivity index (χ4v) is 5.42. The number of hydrogen-bond acceptors (Lipinski definition) is 3. The van der Waals surface area contributed by atoms with Crippen LogP contribution in [-0.4, -0.2) is 44.6 Å². The van der Waals surface area contributed by atoms with Gasteiger partial charge in [0.05, 0.1) is 6.26 Å².